The van der Waals surface area contributed by atoms with E-state index >= 15 is 0 Å². The number of fused-ring (bicyclic) bond motifs is 2. The number of hydrogen-bond acceptors (Lipinski definition) is 3. The predicted octanol–water partition coefficient (Wildman–Crippen LogP) is 3.91. The van der Waals surface area contributed by atoms with Gasteiger partial charge in [0.1, 0.15) is 5.69 Å². The van der Waals surface area contributed by atoms with Gasteiger partial charge in [0, 0.05) is 10.9 Å². The largest absolute Gasteiger partial charge is 0.448 e. The topological polar surface area (TPSA) is 71.2 Å². The number of nitrogens with one attached hydrogen (secondary N) is 2. The van der Waals surface area contributed by atoms with Crippen LogP contribution in [0.2, 0.25) is 0 Å². The number of amides is 1. The molecular weight excluding hydrogens is 340 g/mol. The molecule has 27 heavy (non-hydrogen) atoms. The molecule has 0 saturated heterocycles. The van der Waals surface area contributed by atoms with Crippen molar-refractivity contribution < 1.29 is 14.3 Å². The highest BCUT2D eigenvalue weighted by molar-refractivity contribution is 5.96. The van der Waals surface area contributed by atoms with Gasteiger partial charge in [0.2, 0.25) is 0 Å². The molecule has 2 N–H and O–H groups in total. The first-order valence-electron chi connectivity index (χ1n) is 9.29. The lowest BCUT2D eigenvalue weighted by Gasteiger charge is -2.27. The van der Waals surface area contributed by atoms with Gasteiger partial charge >= 0.3 is 5.97 Å². The average molecular weight is 362 g/mol. The fourth-order valence-electron chi connectivity index (χ4n) is 3.65. The van der Waals surface area contributed by atoms with Crippen LogP contribution in [0, 0.1) is 0 Å². The molecule has 4 rings (SSSR count). The van der Waals surface area contributed by atoms with Crippen molar-refractivity contribution in [1.29, 1.82) is 0 Å². The molecule has 0 bridgehead atoms. The number of aryl methyl sites for hydroxylation is 1. The lowest BCUT2D eigenvalue weighted by atomic mass is 9.87. The summed E-state index contributed by atoms with van der Waals surface area (Å²) < 4.78 is 5.38. The maximum atomic E-state index is 12.6. The number of benzene rings is 2. The Balaban J connectivity index is 1.41. The Morgan fingerprint density at radius 2 is 1.93 bits per heavy atom. The Morgan fingerprint density at radius 3 is 2.78 bits per heavy atom. The van der Waals surface area contributed by atoms with Crippen molar-refractivity contribution in [3.05, 3.63) is 71.4 Å². The lowest BCUT2D eigenvalue weighted by molar-refractivity contribution is -0.130. The van der Waals surface area contributed by atoms with Crippen molar-refractivity contribution in [2.75, 3.05) is 0 Å². The standard InChI is InChI=1S/C22H22N2O3/c1-14(27-22(26)20-13-16-8-3-5-11-18(16)23-20)21(25)24-19-12-6-9-15-7-2-4-10-17(15)19/h2-5,7-8,10-11,13-14,19,23H,6,9,12H2,1H3,(H,24,25)/t14-,19-/m0/s1. The summed E-state index contributed by atoms with van der Waals surface area (Å²) >= 11 is 0. The number of rotatable bonds is 4. The molecule has 1 aliphatic carbocycles. The van der Waals surface area contributed by atoms with Gasteiger partial charge in [0.15, 0.2) is 6.10 Å². The molecule has 0 spiro atoms. The van der Waals surface area contributed by atoms with E-state index in [1.165, 1.54) is 5.56 Å². The van der Waals surface area contributed by atoms with Gasteiger partial charge in [-0.25, -0.2) is 4.79 Å². The highest BCUT2D eigenvalue weighted by atomic mass is 16.5. The van der Waals surface area contributed by atoms with Crippen LogP contribution in [-0.4, -0.2) is 23.0 Å². The first-order chi connectivity index (χ1) is 13.1. The van der Waals surface area contributed by atoms with E-state index in [9.17, 15) is 9.59 Å². The van der Waals surface area contributed by atoms with E-state index < -0.39 is 12.1 Å². The third kappa shape index (κ3) is 3.58. The first kappa shape index (κ1) is 17.3. The summed E-state index contributed by atoms with van der Waals surface area (Å²) in [4.78, 5) is 28.0. The molecule has 1 amide bonds. The molecule has 5 heteroatoms. The van der Waals surface area contributed by atoms with E-state index in [1.54, 1.807) is 13.0 Å². The second-order valence-electron chi connectivity index (χ2n) is 6.97. The summed E-state index contributed by atoms with van der Waals surface area (Å²) in [6.07, 6.45) is 2.10. The van der Waals surface area contributed by atoms with Crippen molar-refractivity contribution in [2.24, 2.45) is 0 Å². The molecule has 2 atom stereocenters. The maximum Gasteiger partial charge on any atom is 0.355 e. The molecule has 2 aromatic carbocycles. The monoisotopic (exact) mass is 362 g/mol. The summed E-state index contributed by atoms with van der Waals surface area (Å²) in [6.45, 7) is 1.60. The van der Waals surface area contributed by atoms with E-state index in [0.717, 1.165) is 35.7 Å². The number of esters is 1. The predicted molar refractivity (Wildman–Crippen MR) is 103 cm³/mol. The molecule has 5 nitrogen and oxygen atoms in total. The molecular formula is C22H22N2O3. The smallest absolute Gasteiger partial charge is 0.355 e. The van der Waals surface area contributed by atoms with E-state index in [1.807, 2.05) is 36.4 Å². The number of aromatic nitrogens is 1. The van der Waals surface area contributed by atoms with Gasteiger partial charge in [-0.15, -0.1) is 0 Å². The minimum absolute atomic E-state index is 0.0309. The van der Waals surface area contributed by atoms with Crippen molar-refractivity contribution in [3.8, 4) is 0 Å². The van der Waals surface area contributed by atoms with Crippen LogP contribution in [0.3, 0.4) is 0 Å². The van der Waals surface area contributed by atoms with Gasteiger partial charge in [-0.1, -0.05) is 42.5 Å². The zero-order chi connectivity index (χ0) is 18.8. The van der Waals surface area contributed by atoms with Crippen molar-refractivity contribution >= 4 is 22.8 Å². The number of ether oxygens (including phenoxy) is 1. The summed E-state index contributed by atoms with van der Waals surface area (Å²) in [5.74, 6) is -0.806. The maximum absolute atomic E-state index is 12.6. The third-order valence-electron chi connectivity index (χ3n) is 5.09. The normalized spacial score (nSPS) is 17.1. The van der Waals surface area contributed by atoms with Crippen LogP contribution in [0.25, 0.3) is 10.9 Å². The second kappa shape index (κ2) is 7.27. The molecule has 0 fully saturated rings. The highest BCUT2D eigenvalue weighted by Gasteiger charge is 2.26. The van der Waals surface area contributed by atoms with Gasteiger partial charge in [0.25, 0.3) is 5.91 Å². The van der Waals surface area contributed by atoms with Crippen LogP contribution in [-0.2, 0) is 16.0 Å². The number of para-hydroxylation sites is 1. The summed E-state index contributed by atoms with van der Waals surface area (Å²) in [5, 5.41) is 3.96. The summed E-state index contributed by atoms with van der Waals surface area (Å²) in [7, 11) is 0. The molecule has 0 radical (unpaired) electrons. The van der Waals surface area contributed by atoms with Crippen molar-refractivity contribution in [2.45, 2.75) is 38.3 Å². The Labute approximate surface area is 157 Å². The van der Waals surface area contributed by atoms with Gasteiger partial charge in [-0.3, -0.25) is 4.79 Å². The Morgan fingerprint density at radius 1 is 1.15 bits per heavy atom. The zero-order valence-corrected chi connectivity index (χ0v) is 15.2. The minimum atomic E-state index is -0.863. The van der Waals surface area contributed by atoms with Gasteiger partial charge in [0.05, 0.1) is 6.04 Å². The van der Waals surface area contributed by atoms with Crippen molar-refractivity contribution in [1.82, 2.24) is 10.3 Å². The van der Waals surface area contributed by atoms with Crippen LogP contribution in [0.1, 0.15) is 47.4 Å². The molecule has 3 aromatic rings. The van der Waals surface area contributed by atoms with Crippen LogP contribution < -0.4 is 5.32 Å². The van der Waals surface area contributed by atoms with Crippen LogP contribution in [0.5, 0.6) is 0 Å². The molecule has 0 saturated carbocycles. The fourth-order valence-corrected chi connectivity index (χ4v) is 3.65. The average Bonchev–Trinajstić information content (AvgIpc) is 3.12. The number of H-pyrrole nitrogens is 1. The van der Waals surface area contributed by atoms with Crippen LogP contribution in [0.15, 0.2) is 54.6 Å². The molecule has 1 heterocycles. The van der Waals surface area contributed by atoms with Crippen LogP contribution in [0.4, 0.5) is 0 Å². The SMILES string of the molecule is C[C@H](OC(=O)c1cc2ccccc2[nH]1)C(=O)N[C@H]1CCCc2ccccc21. The van der Waals surface area contributed by atoms with E-state index in [2.05, 4.69) is 22.4 Å². The lowest BCUT2D eigenvalue weighted by Crippen LogP contribution is -2.39. The molecule has 1 aliphatic rings. The van der Waals surface area contributed by atoms with Gasteiger partial charge < -0.3 is 15.0 Å². The number of carbonyl (C=O) groups excluding carboxylic acids is 2. The van der Waals surface area contributed by atoms with E-state index in [4.69, 9.17) is 4.74 Å². The van der Waals surface area contributed by atoms with Gasteiger partial charge in [-0.05, 0) is 49.4 Å². The second-order valence-corrected chi connectivity index (χ2v) is 6.97. The fraction of sp³-hybridized carbons (Fsp3) is 0.273. The number of carbonyl (C=O) groups is 2. The Bertz CT molecular complexity index is 959. The Kier molecular flexibility index (Phi) is 4.67. The Hall–Kier alpha value is -3.08. The van der Waals surface area contributed by atoms with E-state index in [-0.39, 0.29) is 11.9 Å². The van der Waals surface area contributed by atoms with Gasteiger partial charge in [-0.2, -0.15) is 0 Å². The highest BCUT2D eigenvalue weighted by Crippen LogP contribution is 2.29. The number of aromatic amines is 1. The molecule has 0 aliphatic heterocycles. The van der Waals surface area contributed by atoms with Crippen molar-refractivity contribution in [3.63, 3.8) is 0 Å². The van der Waals surface area contributed by atoms with E-state index in [0.29, 0.717) is 5.69 Å². The zero-order valence-electron chi connectivity index (χ0n) is 15.2. The van der Waals surface area contributed by atoms with Crippen LogP contribution >= 0.6 is 0 Å². The minimum Gasteiger partial charge on any atom is -0.448 e. The molecule has 0 unspecified atom stereocenters. The number of hydrogen-bond donors (Lipinski definition) is 2. The molecule has 1 aromatic heterocycles. The summed E-state index contributed by atoms with van der Waals surface area (Å²) in [6, 6.07) is 17.5. The summed E-state index contributed by atoms with van der Waals surface area (Å²) in [5.41, 5.74) is 3.64. The molecule has 138 valence electrons. The quantitative estimate of drug-likeness (QED) is 0.691. The third-order valence-corrected chi connectivity index (χ3v) is 5.09. The first-order valence-corrected chi connectivity index (χ1v) is 9.29.